The van der Waals surface area contributed by atoms with Gasteiger partial charge >= 0.3 is 0 Å². The molecule has 18 heavy (non-hydrogen) atoms. The summed E-state index contributed by atoms with van der Waals surface area (Å²) >= 11 is 1.79. The normalized spacial score (nSPS) is 16.1. The molecule has 2 rings (SSSR count). The first-order valence-electron chi connectivity index (χ1n) is 6.94. The fourth-order valence-electron chi connectivity index (χ4n) is 2.25. The van der Waals surface area contributed by atoms with Crippen molar-refractivity contribution < 1.29 is 0 Å². The first-order valence-corrected chi connectivity index (χ1v) is 7.76. The van der Waals surface area contributed by atoms with E-state index in [1.54, 1.807) is 11.3 Å². The minimum Gasteiger partial charge on any atom is -0.345 e. The molecule has 0 aliphatic heterocycles. The molecule has 102 valence electrons. The van der Waals surface area contributed by atoms with Crippen molar-refractivity contribution in [1.82, 2.24) is 4.98 Å². The molecule has 1 fully saturated rings. The number of anilines is 1. The molecule has 0 aromatic carbocycles. The lowest BCUT2D eigenvalue weighted by molar-refractivity contribution is 0.565. The summed E-state index contributed by atoms with van der Waals surface area (Å²) in [5, 5.41) is 1.18. The maximum absolute atomic E-state index is 5.88. The number of rotatable bonds is 5. The highest BCUT2D eigenvalue weighted by Gasteiger charge is 2.32. The average molecular weight is 267 g/mol. The van der Waals surface area contributed by atoms with Crippen LogP contribution < -0.4 is 10.6 Å². The quantitative estimate of drug-likeness (QED) is 0.890. The molecule has 1 heterocycles. The Bertz CT molecular complexity index is 402. The predicted molar refractivity (Wildman–Crippen MR) is 79.4 cm³/mol. The molecule has 1 aromatic rings. The molecule has 0 amide bonds. The molecule has 0 atom stereocenters. The van der Waals surface area contributed by atoms with Crippen LogP contribution in [-0.2, 0) is 12.0 Å². The van der Waals surface area contributed by atoms with Crippen LogP contribution in [0.4, 0.5) is 5.13 Å². The second-order valence-electron chi connectivity index (χ2n) is 6.15. The van der Waals surface area contributed by atoms with Crippen molar-refractivity contribution in [3.8, 4) is 0 Å². The molecule has 2 N–H and O–H groups in total. The van der Waals surface area contributed by atoms with Gasteiger partial charge in [0.25, 0.3) is 0 Å². The van der Waals surface area contributed by atoms with E-state index in [9.17, 15) is 0 Å². The van der Waals surface area contributed by atoms with Crippen LogP contribution in [0.15, 0.2) is 0 Å². The Hall–Kier alpha value is -0.610. The number of nitrogens with zero attached hydrogens (tertiary/aromatic N) is 2. The third-order valence-electron chi connectivity index (χ3n) is 3.28. The van der Waals surface area contributed by atoms with Gasteiger partial charge in [0, 0.05) is 29.4 Å². The third-order valence-corrected chi connectivity index (χ3v) is 4.39. The van der Waals surface area contributed by atoms with Gasteiger partial charge in [-0.3, -0.25) is 0 Å². The van der Waals surface area contributed by atoms with E-state index in [1.165, 1.54) is 35.0 Å². The topological polar surface area (TPSA) is 42.2 Å². The van der Waals surface area contributed by atoms with Gasteiger partial charge in [0.2, 0.25) is 0 Å². The molecule has 0 unspecified atom stereocenters. The Kier molecular flexibility index (Phi) is 3.97. The molecule has 0 spiro atoms. The molecule has 0 radical (unpaired) electrons. The fourth-order valence-corrected chi connectivity index (χ4v) is 3.49. The first-order chi connectivity index (χ1) is 8.47. The van der Waals surface area contributed by atoms with Gasteiger partial charge in [-0.25, -0.2) is 4.98 Å². The van der Waals surface area contributed by atoms with Crippen molar-refractivity contribution in [2.45, 2.75) is 65.0 Å². The molecule has 1 saturated carbocycles. The summed E-state index contributed by atoms with van der Waals surface area (Å²) in [6.07, 6.45) is 3.82. The number of aromatic nitrogens is 1. The largest absolute Gasteiger partial charge is 0.345 e. The van der Waals surface area contributed by atoms with Gasteiger partial charge in [0.1, 0.15) is 0 Å². The Morgan fingerprint density at radius 2 is 2.06 bits per heavy atom. The van der Waals surface area contributed by atoms with Crippen molar-refractivity contribution in [3.63, 3.8) is 0 Å². The maximum Gasteiger partial charge on any atom is 0.186 e. The lowest BCUT2D eigenvalue weighted by Gasteiger charge is -2.21. The summed E-state index contributed by atoms with van der Waals surface area (Å²) in [7, 11) is 0. The van der Waals surface area contributed by atoms with E-state index in [0.717, 1.165) is 12.6 Å². The van der Waals surface area contributed by atoms with Crippen LogP contribution in [0.3, 0.4) is 0 Å². The van der Waals surface area contributed by atoms with Crippen LogP contribution in [0.5, 0.6) is 0 Å². The van der Waals surface area contributed by atoms with Crippen LogP contribution in [0, 0.1) is 0 Å². The van der Waals surface area contributed by atoms with Gasteiger partial charge in [0.05, 0.1) is 5.69 Å². The summed E-state index contributed by atoms with van der Waals surface area (Å²) in [6, 6.07) is 0.731. The first kappa shape index (κ1) is 13.8. The zero-order chi connectivity index (χ0) is 13.3. The van der Waals surface area contributed by atoms with E-state index in [1.807, 2.05) is 0 Å². The Morgan fingerprint density at radius 3 is 2.44 bits per heavy atom. The van der Waals surface area contributed by atoms with Gasteiger partial charge in [-0.2, -0.15) is 0 Å². The zero-order valence-electron chi connectivity index (χ0n) is 12.0. The monoisotopic (exact) mass is 267 g/mol. The summed E-state index contributed by atoms with van der Waals surface area (Å²) in [6.45, 7) is 10.6. The van der Waals surface area contributed by atoms with E-state index in [4.69, 9.17) is 10.7 Å². The number of hydrogen-bond donors (Lipinski definition) is 1. The standard InChI is InChI=1S/C14H25N3S/c1-5-8-17(10-6-7-10)13-16-12(14(2,3)4)11(9-15)18-13/h10H,5-9,15H2,1-4H3. The highest BCUT2D eigenvalue weighted by molar-refractivity contribution is 7.15. The lowest BCUT2D eigenvalue weighted by atomic mass is 9.91. The summed E-state index contributed by atoms with van der Waals surface area (Å²) < 4.78 is 0. The number of thiazole rings is 1. The molecule has 0 bridgehead atoms. The molecular weight excluding hydrogens is 242 g/mol. The maximum atomic E-state index is 5.88. The molecule has 1 aliphatic carbocycles. The van der Waals surface area contributed by atoms with Crippen LogP contribution >= 0.6 is 11.3 Å². The van der Waals surface area contributed by atoms with Crippen molar-refractivity contribution in [3.05, 3.63) is 10.6 Å². The van der Waals surface area contributed by atoms with Crippen molar-refractivity contribution in [2.24, 2.45) is 5.73 Å². The van der Waals surface area contributed by atoms with E-state index in [2.05, 4.69) is 32.6 Å². The van der Waals surface area contributed by atoms with Gasteiger partial charge in [-0.15, -0.1) is 11.3 Å². The van der Waals surface area contributed by atoms with Crippen LogP contribution in [0.2, 0.25) is 0 Å². The second kappa shape index (κ2) is 5.17. The summed E-state index contributed by atoms with van der Waals surface area (Å²) in [5.41, 5.74) is 7.15. The number of hydrogen-bond acceptors (Lipinski definition) is 4. The van der Waals surface area contributed by atoms with Crippen molar-refractivity contribution >= 4 is 16.5 Å². The van der Waals surface area contributed by atoms with Crippen molar-refractivity contribution in [1.29, 1.82) is 0 Å². The average Bonchev–Trinajstić information content (AvgIpc) is 3.02. The second-order valence-corrected chi connectivity index (χ2v) is 7.21. The van der Waals surface area contributed by atoms with Crippen LogP contribution in [0.25, 0.3) is 0 Å². The fraction of sp³-hybridized carbons (Fsp3) is 0.786. The molecule has 4 heteroatoms. The highest BCUT2D eigenvalue weighted by atomic mass is 32.1. The van der Waals surface area contributed by atoms with Gasteiger partial charge in [0.15, 0.2) is 5.13 Å². The summed E-state index contributed by atoms with van der Waals surface area (Å²) in [4.78, 5) is 8.63. The van der Waals surface area contributed by atoms with Gasteiger partial charge in [-0.05, 0) is 19.3 Å². The number of nitrogens with two attached hydrogens (primary N) is 1. The van der Waals surface area contributed by atoms with Gasteiger partial charge < -0.3 is 10.6 Å². The van der Waals surface area contributed by atoms with Gasteiger partial charge in [-0.1, -0.05) is 27.7 Å². The zero-order valence-corrected chi connectivity index (χ0v) is 12.8. The van der Waals surface area contributed by atoms with E-state index in [-0.39, 0.29) is 5.41 Å². The minimum atomic E-state index is 0.0882. The SMILES string of the molecule is CCCN(c1nc(C(C)(C)C)c(CN)s1)C1CC1. The molecular formula is C14H25N3S. The van der Waals surface area contributed by atoms with E-state index < -0.39 is 0 Å². The Morgan fingerprint density at radius 1 is 1.39 bits per heavy atom. The Labute approximate surface area is 114 Å². The van der Waals surface area contributed by atoms with E-state index in [0.29, 0.717) is 6.54 Å². The van der Waals surface area contributed by atoms with Crippen LogP contribution in [-0.4, -0.2) is 17.6 Å². The van der Waals surface area contributed by atoms with Crippen LogP contribution in [0.1, 0.15) is 57.5 Å². The van der Waals surface area contributed by atoms with E-state index >= 15 is 0 Å². The summed E-state index contributed by atoms with van der Waals surface area (Å²) in [5.74, 6) is 0. The van der Waals surface area contributed by atoms with Crippen molar-refractivity contribution in [2.75, 3.05) is 11.4 Å². The minimum absolute atomic E-state index is 0.0882. The lowest BCUT2D eigenvalue weighted by Crippen LogP contribution is -2.26. The smallest absolute Gasteiger partial charge is 0.186 e. The predicted octanol–water partition coefficient (Wildman–Crippen LogP) is 3.28. The molecule has 1 aromatic heterocycles. The third kappa shape index (κ3) is 2.86. The molecule has 1 aliphatic rings. The molecule has 0 saturated heterocycles. The molecule has 3 nitrogen and oxygen atoms in total. The Balaban J connectivity index is 2.30. The highest BCUT2D eigenvalue weighted by Crippen LogP contribution is 2.38.